The van der Waals surface area contributed by atoms with Crippen LogP contribution in [0.25, 0.3) is 0 Å². The second-order valence-corrected chi connectivity index (χ2v) is 12.6. The quantitative estimate of drug-likeness (QED) is 0.266. The highest BCUT2D eigenvalue weighted by molar-refractivity contribution is 5.94. The van der Waals surface area contributed by atoms with Gasteiger partial charge in [-0.05, 0) is 77.6 Å². The number of nitrogens with zero attached hydrogens (tertiary/aromatic N) is 1. The molecule has 0 aliphatic carbocycles. The lowest BCUT2D eigenvalue weighted by Crippen LogP contribution is -2.56. The van der Waals surface area contributed by atoms with Crippen LogP contribution in [0.2, 0.25) is 0 Å². The SMILES string of the molecule is Cc1cccc(C)c1C(C(=O)NC(Cc1ccccc1)C(=O)OC(C)(C)C)N(CCO)C(=O)C(CO)NC(=O)OC(C)(C)C. The maximum absolute atomic E-state index is 14.3. The molecule has 0 heterocycles. The molecule has 2 aromatic carbocycles. The molecule has 0 aromatic heterocycles. The van der Waals surface area contributed by atoms with Crippen molar-refractivity contribution in [1.82, 2.24) is 15.5 Å². The van der Waals surface area contributed by atoms with E-state index < -0.39 is 66.4 Å². The highest BCUT2D eigenvalue weighted by Crippen LogP contribution is 2.29. The molecule has 0 radical (unpaired) electrons. The summed E-state index contributed by atoms with van der Waals surface area (Å²) in [6.45, 7) is 12.0. The fourth-order valence-corrected chi connectivity index (χ4v) is 4.66. The van der Waals surface area contributed by atoms with E-state index >= 15 is 0 Å². The fourth-order valence-electron chi connectivity index (χ4n) is 4.66. The Morgan fingerprint density at radius 1 is 0.795 bits per heavy atom. The summed E-state index contributed by atoms with van der Waals surface area (Å²) in [4.78, 5) is 55.2. The molecule has 4 N–H and O–H groups in total. The van der Waals surface area contributed by atoms with Gasteiger partial charge in [0.2, 0.25) is 11.8 Å². The third kappa shape index (κ3) is 10.9. The summed E-state index contributed by atoms with van der Waals surface area (Å²) in [6, 6.07) is 10.5. The third-order valence-corrected chi connectivity index (χ3v) is 6.46. The monoisotopic (exact) mass is 613 g/mol. The normalized spacial score (nSPS) is 13.7. The highest BCUT2D eigenvalue weighted by Gasteiger charge is 2.39. The number of carbonyl (C=O) groups is 4. The van der Waals surface area contributed by atoms with Crippen molar-refractivity contribution in [2.45, 2.75) is 91.1 Å². The molecule has 242 valence electrons. The highest BCUT2D eigenvalue weighted by atomic mass is 16.6. The van der Waals surface area contributed by atoms with E-state index in [0.717, 1.165) is 10.5 Å². The van der Waals surface area contributed by atoms with Crippen LogP contribution in [0.5, 0.6) is 0 Å². The topological polar surface area (TPSA) is 154 Å². The van der Waals surface area contributed by atoms with Gasteiger partial charge in [-0.3, -0.25) is 9.59 Å². The van der Waals surface area contributed by atoms with Crippen LogP contribution < -0.4 is 10.6 Å². The Hall–Kier alpha value is -3.96. The van der Waals surface area contributed by atoms with Gasteiger partial charge < -0.3 is 35.2 Å². The maximum atomic E-state index is 14.3. The molecule has 0 fully saturated rings. The lowest BCUT2D eigenvalue weighted by molar-refractivity contribution is -0.159. The first-order valence-electron chi connectivity index (χ1n) is 14.6. The Morgan fingerprint density at radius 3 is 1.86 bits per heavy atom. The van der Waals surface area contributed by atoms with Gasteiger partial charge in [-0.15, -0.1) is 0 Å². The first-order valence-corrected chi connectivity index (χ1v) is 14.6. The molecular formula is C33H47N3O8. The smallest absolute Gasteiger partial charge is 0.408 e. The minimum absolute atomic E-state index is 0.119. The number of alkyl carbamates (subject to hydrolysis) is 1. The van der Waals surface area contributed by atoms with Crippen molar-refractivity contribution in [2.24, 2.45) is 0 Å². The molecule has 0 aliphatic heterocycles. The number of aliphatic hydroxyl groups is 2. The molecule has 0 saturated carbocycles. The van der Waals surface area contributed by atoms with Crippen molar-refractivity contribution >= 4 is 23.9 Å². The third-order valence-electron chi connectivity index (χ3n) is 6.46. The van der Waals surface area contributed by atoms with E-state index in [4.69, 9.17) is 9.47 Å². The van der Waals surface area contributed by atoms with Crippen molar-refractivity contribution in [2.75, 3.05) is 19.8 Å². The van der Waals surface area contributed by atoms with Gasteiger partial charge in [0.05, 0.1) is 13.2 Å². The van der Waals surface area contributed by atoms with Gasteiger partial charge >= 0.3 is 12.1 Å². The average molecular weight is 614 g/mol. The zero-order chi connectivity index (χ0) is 33.2. The molecule has 0 spiro atoms. The van der Waals surface area contributed by atoms with E-state index in [1.807, 2.05) is 30.3 Å². The van der Waals surface area contributed by atoms with Crippen molar-refractivity contribution in [3.63, 3.8) is 0 Å². The Balaban J connectivity index is 2.59. The molecule has 3 unspecified atom stereocenters. The van der Waals surface area contributed by atoms with Crippen molar-refractivity contribution in [3.05, 3.63) is 70.8 Å². The maximum Gasteiger partial charge on any atom is 0.408 e. The number of esters is 1. The van der Waals surface area contributed by atoms with Crippen molar-refractivity contribution in [3.8, 4) is 0 Å². The lowest BCUT2D eigenvalue weighted by Gasteiger charge is -2.36. The second kappa shape index (κ2) is 15.7. The molecule has 0 aliphatic rings. The van der Waals surface area contributed by atoms with Gasteiger partial charge in [0, 0.05) is 13.0 Å². The summed E-state index contributed by atoms with van der Waals surface area (Å²) in [5.74, 6) is -2.19. The van der Waals surface area contributed by atoms with E-state index in [2.05, 4.69) is 10.6 Å². The molecule has 11 nitrogen and oxygen atoms in total. The number of aryl methyl sites for hydroxylation is 2. The summed E-state index contributed by atoms with van der Waals surface area (Å²) in [7, 11) is 0. The summed E-state index contributed by atoms with van der Waals surface area (Å²) in [5, 5.41) is 25.3. The number of hydrogen-bond donors (Lipinski definition) is 4. The van der Waals surface area contributed by atoms with Gasteiger partial charge in [0.1, 0.15) is 29.3 Å². The first kappa shape index (κ1) is 36.2. The number of hydrogen-bond acceptors (Lipinski definition) is 8. The number of nitrogens with one attached hydrogen (secondary N) is 2. The Kier molecular flexibility index (Phi) is 12.9. The number of benzene rings is 2. The van der Waals surface area contributed by atoms with Crippen LogP contribution in [0.1, 0.15) is 69.8 Å². The van der Waals surface area contributed by atoms with E-state index in [-0.39, 0.29) is 13.0 Å². The summed E-state index contributed by atoms with van der Waals surface area (Å²) < 4.78 is 10.9. The Morgan fingerprint density at radius 2 is 1.36 bits per heavy atom. The van der Waals surface area contributed by atoms with Gasteiger partial charge in [0.25, 0.3) is 0 Å². The molecule has 2 rings (SSSR count). The van der Waals surface area contributed by atoms with Crippen LogP contribution in [0.15, 0.2) is 48.5 Å². The van der Waals surface area contributed by atoms with E-state index in [9.17, 15) is 29.4 Å². The fraction of sp³-hybridized carbons (Fsp3) is 0.515. The number of rotatable bonds is 12. The first-order chi connectivity index (χ1) is 20.5. The van der Waals surface area contributed by atoms with E-state index in [1.165, 1.54) is 0 Å². The molecule has 44 heavy (non-hydrogen) atoms. The van der Waals surface area contributed by atoms with Crippen LogP contribution in [0.4, 0.5) is 4.79 Å². The molecular weight excluding hydrogens is 566 g/mol. The van der Waals surface area contributed by atoms with Crippen LogP contribution in [0, 0.1) is 13.8 Å². The molecule has 3 amide bonds. The largest absolute Gasteiger partial charge is 0.458 e. The second-order valence-electron chi connectivity index (χ2n) is 12.6. The van der Waals surface area contributed by atoms with Crippen LogP contribution in [-0.2, 0) is 30.3 Å². The molecule has 2 aromatic rings. The minimum Gasteiger partial charge on any atom is -0.458 e. The number of carbonyl (C=O) groups excluding carboxylic acids is 4. The summed E-state index contributed by atoms with van der Waals surface area (Å²) in [6.07, 6.45) is -0.816. The summed E-state index contributed by atoms with van der Waals surface area (Å²) >= 11 is 0. The van der Waals surface area contributed by atoms with Crippen LogP contribution >= 0.6 is 0 Å². The predicted molar refractivity (Wildman–Crippen MR) is 166 cm³/mol. The molecule has 11 heteroatoms. The van der Waals surface area contributed by atoms with Crippen molar-refractivity contribution < 1.29 is 38.9 Å². The number of aliphatic hydroxyl groups excluding tert-OH is 2. The van der Waals surface area contributed by atoms with Crippen molar-refractivity contribution in [1.29, 1.82) is 0 Å². The van der Waals surface area contributed by atoms with Crippen LogP contribution in [-0.4, -0.2) is 82.0 Å². The zero-order valence-electron chi connectivity index (χ0n) is 27.0. The van der Waals surface area contributed by atoms with Gasteiger partial charge in [0.15, 0.2) is 0 Å². The van der Waals surface area contributed by atoms with E-state index in [1.54, 1.807) is 73.6 Å². The summed E-state index contributed by atoms with van der Waals surface area (Å²) in [5.41, 5.74) is 0.912. The predicted octanol–water partition coefficient (Wildman–Crippen LogP) is 3.12. The molecule has 0 bridgehead atoms. The van der Waals surface area contributed by atoms with E-state index in [0.29, 0.717) is 16.7 Å². The Bertz CT molecular complexity index is 1260. The van der Waals surface area contributed by atoms with Gasteiger partial charge in [-0.1, -0.05) is 48.5 Å². The van der Waals surface area contributed by atoms with Crippen LogP contribution in [0.3, 0.4) is 0 Å². The zero-order valence-corrected chi connectivity index (χ0v) is 27.0. The molecule has 0 saturated heterocycles. The average Bonchev–Trinajstić information content (AvgIpc) is 2.90. The Labute approximate surface area is 259 Å². The number of ether oxygens (including phenoxy) is 2. The number of amides is 3. The lowest BCUT2D eigenvalue weighted by atomic mass is 9.93. The van der Waals surface area contributed by atoms with Gasteiger partial charge in [-0.2, -0.15) is 0 Å². The minimum atomic E-state index is -1.48. The standard InChI is InChI=1S/C33H47N3O8/c1-21-13-12-14-22(2)26(21)27(36(17-18-37)29(40)25(20-38)35-31(42)44-33(6,7)8)28(39)34-24(30(41)43-32(3,4)5)19-23-15-10-9-11-16-23/h9-16,24-25,27,37-38H,17-20H2,1-8H3,(H,34,39)(H,35,42). The van der Waals surface area contributed by atoms with Gasteiger partial charge in [-0.25, -0.2) is 9.59 Å². The molecule has 3 atom stereocenters.